The lowest BCUT2D eigenvalue weighted by molar-refractivity contribution is -0.387. The van der Waals surface area contributed by atoms with Crippen molar-refractivity contribution in [2.45, 2.75) is 13.5 Å². The van der Waals surface area contributed by atoms with Gasteiger partial charge in [0.25, 0.3) is 5.91 Å². The number of amides is 1. The van der Waals surface area contributed by atoms with Crippen molar-refractivity contribution in [1.82, 2.24) is 10.3 Å². The van der Waals surface area contributed by atoms with Gasteiger partial charge in [-0.15, -0.1) is 11.3 Å². The average Bonchev–Trinajstić information content (AvgIpc) is 2.81. The molecular formula is C12H10FN3O3S. The standard InChI is InChI=1S/C12H10FN3O3S/c1-7-15-9(6-20-7)5-14-12(17)8-2-3-11(16(18)19)10(13)4-8/h2-4,6H,5H2,1H3,(H,14,17). The van der Waals surface area contributed by atoms with E-state index in [0.29, 0.717) is 5.69 Å². The summed E-state index contributed by atoms with van der Waals surface area (Å²) in [5.74, 6) is -1.54. The molecule has 0 saturated carbocycles. The first kappa shape index (κ1) is 14.1. The molecule has 6 nitrogen and oxygen atoms in total. The maximum atomic E-state index is 13.4. The summed E-state index contributed by atoms with van der Waals surface area (Å²) in [6, 6.07) is 3.03. The van der Waals surface area contributed by atoms with Crippen molar-refractivity contribution in [3.8, 4) is 0 Å². The Morgan fingerprint density at radius 1 is 1.55 bits per heavy atom. The Labute approximate surface area is 117 Å². The molecule has 0 atom stereocenters. The third-order valence-corrected chi connectivity index (χ3v) is 3.33. The molecule has 0 unspecified atom stereocenters. The van der Waals surface area contributed by atoms with Crippen LogP contribution >= 0.6 is 11.3 Å². The Balaban J connectivity index is 2.06. The zero-order valence-corrected chi connectivity index (χ0v) is 11.2. The summed E-state index contributed by atoms with van der Waals surface area (Å²) in [6.45, 7) is 2.07. The molecule has 0 aliphatic carbocycles. The molecule has 8 heteroatoms. The molecule has 0 radical (unpaired) electrons. The van der Waals surface area contributed by atoms with Crippen molar-refractivity contribution in [3.05, 3.63) is 55.8 Å². The molecule has 1 aromatic carbocycles. The van der Waals surface area contributed by atoms with E-state index in [1.807, 2.05) is 12.3 Å². The van der Waals surface area contributed by atoms with Crippen LogP contribution in [0.1, 0.15) is 21.1 Å². The molecule has 0 saturated heterocycles. The van der Waals surface area contributed by atoms with E-state index in [0.717, 1.165) is 17.1 Å². The van der Waals surface area contributed by atoms with Crippen LogP contribution in [0.5, 0.6) is 0 Å². The molecular weight excluding hydrogens is 285 g/mol. The van der Waals surface area contributed by atoms with Crippen LogP contribution in [0.25, 0.3) is 0 Å². The van der Waals surface area contributed by atoms with Gasteiger partial charge in [-0.1, -0.05) is 0 Å². The van der Waals surface area contributed by atoms with Crippen molar-refractivity contribution in [2.24, 2.45) is 0 Å². The fraction of sp³-hybridized carbons (Fsp3) is 0.167. The molecule has 1 N–H and O–H groups in total. The van der Waals surface area contributed by atoms with Gasteiger partial charge in [0, 0.05) is 17.0 Å². The van der Waals surface area contributed by atoms with E-state index in [4.69, 9.17) is 0 Å². The Bertz CT molecular complexity index is 672. The number of nitro groups is 1. The van der Waals surface area contributed by atoms with Gasteiger partial charge in [0.2, 0.25) is 5.82 Å². The van der Waals surface area contributed by atoms with Crippen LogP contribution in [0.15, 0.2) is 23.6 Å². The van der Waals surface area contributed by atoms with Gasteiger partial charge in [0.1, 0.15) is 0 Å². The normalized spacial score (nSPS) is 10.3. The number of thiazole rings is 1. The number of carbonyl (C=O) groups excluding carboxylic acids is 1. The largest absolute Gasteiger partial charge is 0.346 e. The van der Waals surface area contributed by atoms with Crippen LogP contribution in [0.4, 0.5) is 10.1 Å². The number of benzene rings is 1. The monoisotopic (exact) mass is 295 g/mol. The van der Waals surface area contributed by atoms with Gasteiger partial charge < -0.3 is 5.32 Å². The van der Waals surface area contributed by atoms with Gasteiger partial charge in [-0.25, -0.2) is 4.98 Å². The van der Waals surface area contributed by atoms with E-state index in [9.17, 15) is 19.3 Å². The highest BCUT2D eigenvalue weighted by atomic mass is 32.1. The molecule has 104 valence electrons. The van der Waals surface area contributed by atoms with Gasteiger partial charge in [-0.05, 0) is 19.1 Å². The van der Waals surface area contributed by atoms with E-state index in [1.165, 1.54) is 17.4 Å². The second-order valence-electron chi connectivity index (χ2n) is 3.96. The number of nitro benzene ring substituents is 1. The second kappa shape index (κ2) is 5.74. The molecule has 0 fully saturated rings. The van der Waals surface area contributed by atoms with Crippen molar-refractivity contribution < 1.29 is 14.1 Å². The summed E-state index contributed by atoms with van der Waals surface area (Å²) in [5.41, 5.74) is 0.0833. The van der Waals surface area contributed by atoms with Gasteiger partial charge in [0.05, 0.1) is 22.2 Å². The molecule has 0 aliphatic heterocycles. The van der Waals surface area contributed by atoms with Gasteiger partial charge in [-0.2, -0.15) is 4.39 Å². The number of hydrogen-bond acceptors (Lipinski definition) is 5. The quantitative estimate of drug-likeness (QED) is 0.693. The van der Waals surface area contributed by atoms with Crippen LogP contribution in [0, 0.1) is 22.9 Å². The molecule has 1 amide bonds. The van der Waals surface area contributed by atoms with E-state index < -0.39 is 22.3 Å². The summed E-state index contributed by atoms with van der Waals surface area (Å²) in [4.78, 5) is 25.6. The van der Waals surface area contributed by atoms with Crippen LogP contribution in [0.2, 0.25) is 0 Å². The van der Waals surface area contributed by atoms with E-state index in [1.54, 1.807) is 0 Å². The van der Waals surface area contributed by atoms with Gasteiger partial charge >= 0.3 is 5.69 Å². The lowest BCUT2D eigenvalue weighted by Crippen LogP contribution is -2.23. The number of carbonyl (C=O) groups is 1. The fourth-order valence-electron chi connectivity index (χ4n) is 1.56. The first-order chi connectivity index (χ1) is 9.47. The summed E-state index contributed by atoms with van der Waals surface area (Å²) in [5, 5.41) is 15.7. The minimum absolute atomic E-state index is 0.0278. The smallest absolute Gasteiger partial charge is 0.304 e. The summed E-state index contributed by atoms with van der Waals surface area (Å²) in [6.07, 6.45) is 0. The number of hydrogen-bond donors (Lipinski definition) is 1. The lowest BCUT2D eigenvalue weighted by Gasteiger charge is -2.03. The first-order valence-electron chi connectivity index (χ1n) is 5.60. The summed E-state index contributed by atoms with van der Waals surface area (Å²) in [7, 11) is 0. The van der Waals surface area contributed by atoms with Crippen LogP contribution in [-0.2, 0) is 6.54 Å². The predicted molar refractivity (Wildman–Crippen MR) is 71.1 cm³/mol. The average molecular weight is 295 g/mol. The molecule has 20 heavy (non-hydrogen) atoms. The van der Waals surface area contributed by atoms with Gasteiger partial charge in [0.15, 0.2) is 0 Å². The SMILES string of the molecule is Cc1nc(CNC(=O)c2ccc([N+](=O)[O-])c(F)c2)cs1. The minimum atomic E-state index is -1.04. The lowest BCUT2D eigenvalue weighted by atomic mass is 10.2. The molecule has 0 aliphatic rings. The van der Waals surface area contributed by atoms with Crippen molar-refractivity contribution in [2.75, 3.05) is 0 Å². The molecule has 0 bridgehead atoms. The molecule has 1 aromatic heterocycles. The number of nitrogens with one attached hydrogen (secondary N) is 1. The molecule has 2 aromatic rings. The third-order valence-electron chi connectivity index (χ3n) is 2.50. The Hall–Kier alpha value is -2.35. The maximum absolute atomic E-state index is 13.4. The summed E-state index contributed by atoms with van der Waals surface area (Å²) < 4.78 is 13.4. The minimum Gasteiger partial charge on any atom is -0.346 e. The van der Waals surface area contributed by atoms with E-state index in [-0.39, 0.29) is 12.1 Å². The highest BCUT2D eigenvalue weighted by Gasteiger charge is 2.16. The zero-order chi connectivity index (χ0) is 14.7. The molecule has 2 rings (SSSR count). The Morgan fingerprint density at radius 3 is 2.85 bits per heavy atom. The molecule has 1 heterocycles. The highest BCUT2D eigenvalue weighted by Crippen LogP contribution is 2.18. The summed E-state index contributed by atoms with van der Waals surface area (Å²) >= 11 is 1.46. The highest BCUT2D eigenvalue weighted by molar-refractivity contribution is 7.09. The zero-order valence-electron chi connectivity index (χ0n) is 10.4. The predicted octanol–water partition coefficient (Wildman–Crippen LogP) is 2.43. The van der Waals surface area contributed by atoms with E-state index in [2.05, 4.69) is 10.3 Å². The van der Waals surface area contributed by atoms with Crippen LogP contribution in [-0.4, -0.2) is 15.8 Å². The van der Waals surface area contributed by atoms with Crippen molar-refractivity contribution >= 4 is 22.9 Å². The van der Waals surface area contributed by atoms with E-state index >= 15 is 0 Å². The first-order valence-corrected chi connectivity index (χ1v) is 6.48. The fourth-order valence-corrected chi connectivity index (χ4v) is 2.17. The number of aryl methyl sites for hydroxylation is 1. The van der Waals surface area contributed by atoms with Gasteiger partial charge in [-0.3, -0.25) is 14.9 Å². The maximum Gasteiger partial charge on any atom is 0.304 e. The Morgan fingerprint density at radius 2 is 2.30 bits per heavy atom. The number of rotatable bonds is 4. The topological polar surface area (TPSA) is 85.1 Å². The second-order valence-corrected chi connectivity index (χ2v) is 5.03. The number of aromatic nitrogens is 1. The number of nitrogens with zero attached hydrogens (tertiary/aromatic N) is 2. The van der Waals surface area contributed by atoms with Crippen LogP contribution in [0.3, 0.4) is 0 Å². The number of halogens is 1. The van der Waals surface area contributed by atoms with Crippen molar-refractivity contribution in [1.29, 1.82) is 0 Å². The van der Waals surface area contributed by atoms with Crippen molar-refractivity contribution in [3.63, 3.8) is 0 Å². The molecule has 0 spiro atoms. The third kappa shape index (κ3) is 3.15. The Kier molecular flexibility index (Phi) is 4.04. The van der Waals surface area contributed by atoms with Crippen LogP contribution < -0.4 is 5.32 Å².